The zero-order valence-electron chi connectivity index (χ0n) is 10.6. The molecule has 3 heteroatoms. The van der Waals surface area contributed by atoms with Crippen LogP contribution in [-0.2, 0) is 12.0 Å². The van der Waals surface area contributed by atoms with E-state index in [0.717, 1.165) is 18.5 Å². The Morgan fingerprint density at radius 1 is 1.17 bits per heavy atom. The highest BCUT2D eigenvalue weighted by Gasteiger charge is 2.24. The Bertz CT molecular complexity index is 455. The Hall–Kier alpha value is -1.16. The number of nitrogens with one attached hydrogen (secondary N) is 1. The first-order chi connectivity index (χ1) is 8.74. The number of thiophene rings is 1. The smallest absolute Gasteiger partial charge is 0.0652 e. The molecular formula is C15H19NOS. The van der Waals surface area contributed by atoms with Crippen LogP contribution in [0.15, 0.2) is 47.8 Å². The molecule has 0 aliphatic carbocycles. The van der Waals surface area contributed by atoms with Gasteiger partial charge in [-0.15, -0.1) is 11.3 Å². The maximum atomic E-state index is 9.64. The molecule has 2 rings (SSSR count). The summed E-state index contributed by atoms with van der Waals surface area (Å²) in [5.74, 6) is 0. The van der Waals surface area contributed by atoms with Crippen molar-refractivity contribution < 1.29 is 5.11 Å². The fraction of sp³-hybridized carbons (Fsp3) is 0.333. The number of hydrogen-bond acceptors (Lipinski definition) is 3. The van der Waals surface area contributed by atoms with Crippen LogP contribution in [0.4, 0.5) is 0 Å². The van der Waals surface area contributed by atoms with Crippen LogP contribution in [-0.4, -0.2) is 18.3 Å². The van der Waals surface area contributed by atoms with E-state index in [4.69, 9.17) is 0 Å². The van der Waals surface area contributed by atoms with E-state index in [1.165, 1.54) is 4.88 Å². The van der Waals surface area contributed by atoms with Crippen molar-refractivity contribution in [2.75, 3.05) is 13.2 Å². The summed E-state index contributed by atoms with van der Waals surface area (Å²) in [6.45, 7) is 3.00. The van der Waals surface area contributed by atoms with Crippen LogP contribution in [0.2, 0.25) is 0 Å². The summed E-state index contributed by atoms with van der Waals surface area (Å²) < 4.78 is 0. The van der Waals surface area contributed by atoms with Gasteiger partial charge in [-0.3, -0.25) is 0 Å². The minimum atomic E-state index is -0.363. The zero-order chi connectivity index (χ0) is 12.8. The summed E-state index contributed by atoms with van der Waals surface area (Å²) in [6.07, 6.45) is 1.00. The first kappa shape index (κ1) is 13.3. The van der Waals surface area contributed by atoms with Gasteiger partial charge in [0.2, 0.25) is 0 Å². The van der Waals surface area contributed by atoms with Crippen LogP contribution >= 0.6 is 11.3 Å². The van der Waals surface area contributed by atoms with Gasteiger partial charge in [-0.1, -0.05) is 36.4 Å². The summed E-state index contributed by atoms with van der Waals surface area (Å²) in [5, 5.41) is 15.2. The molecule has 0 fully saturated rings. The summed E-state index contributed by atoms with van der Waals surface area (Å²) in [4.78, 5) is 1.37. The van der Waals surface area contributed by atoms with Crippen LogP contribution in [0.3, 0.4) is 0 Å². The van der Waals surface area contributed by atoms with Crippen LogP contribution in [0, 0.1) is 0 Å². The third-order valence-electron chi connectivity index (χ3n) is 3.19. The predicted octanol–water partition coefficient (Wildman–Crippen LogP) is 2.79. The van der Waals surface area contributed by atoms with Crippen molar-refractivity contribution in [2.24, 2.45) is 0 Å². The Morgan fingerprint density at radius 3 is 2.56 bits per heavy atom. The van der Waals surface area contributed by atoms with Gasteiger partial charge in [0.1, 0.15) is 0 Å². The molecule has 2 nitrogen and oxygen atoms in total. The maximum absolute atomic E-state index is 9.64. The molecule has 1 atom stereocenters. The third kappa shape index (κ3) is 3.19. The van der Waals surface area contributed by atoms with E-state index >= 15 is 0 Å². The number of aliphatic hydroxyl groups excluding tert-OH is 1. The number of rotatable bonds is 6. The Balaban J connectivity index is 1.96. The van der Waals surface area contributed by atoms with Gasteiger partial charge in [0.25, 0.3) is 0 Å². The summed E-state index contributed by atoms with van der Waals surface area (Å²) >= 11 is 1.77. The van der Waals surface area contributed by atoms with Gasteiger partial charge in [0.05, 0.1) is 12.1 Å². The van der Waals surface area contributed by atoms with E-state index in [-0.39, 0.29) is 12.1 Å². The summed E-state index contributed by atoms with van der Waals surface area (Å²) in [7, 11) is 0. The van der Waals surface area contributed by atoms with E-state index in [1.54, 1.807) is 11.3 Å². The normalized spacial score (nSPS) is 14.3. The van der Waals surface area contributed by atoms with Gasteiger partial charge in [-0.25, -0.2) is 0 Å². The van der Waals surface area contributed by atoms with Gasteiger partial charge < -0.3 is 10.4 Å². The molecule has 0 saturated carbocycles. The number of benzene rings is 1. The molecule has 0 saturated heterocycles. The standard InChI is InChI=1S/C15H19NOS/c1-15(12-17,13-6-3-2-4-7-13)16-10-9-14-8-5-11-18-14/h2-8,11,16-17H,9-10,12H2,1H3. The van der Waals surface area contributed by atoms with E-state index in [0.29, 0.717) is 0 Å². The summed E-state index contributed by atoms with van der Waals surface area (Å²) in [5.41, 5.74) is 0.761. The molecule has 1 aromatic heterocycles. The molecule has 0 bridgehead atoms. The second-order valence-corrected chi connectivity index (χ2v) is 5.64. The SMILES string of the molecule is CC(CO)(NCCc1cccs1)c1ccccc1. The Morgan fingerprint density at radius 2 is 1.94 bits per heavy atom. The molecule has 1 unspecified atom stereocenters. The highest BCUT2D eigenvalue weighted by atomic mass is 32.1. The fourth-order valence-electron chi connectivity index (χ4n) is 1.97. The molecular weight excluding hydrogens is 242 g/mol. The van der Waals surface area contributed by atoms with Gasteiger partial charge in [0, 0.05) is 11.4 Å². The fourth-order valence-corrected chi connectivity index (χ4v) is 2.68. The molecule has 0 aliphatic heterocycles. The highest BCUT2D eigenvalue weighted by molar-refractivity contribution is 7.09. The van der Waals surface area contributed by atoms with E-state index in [2.05, 4.69) is 22.8 Å². The Kier molecular flexibility index (Phi) is 4.53. The average molecular weight is 261 g/mol. The van der Waals surface area contributed by atoms with Crippen molar-refractivity contribution in [1.82, 2.24) is 5.32 Å². The minimum Gasteiger partial charge on any atom is -0.394 e. The molecule has 0 spiro atoms. The van der Waals surface area contributed by atoms with Crippen molar-refractivity contribution in [3.05, 3.63) is 58.3 Å². The molecule has 2 N–H and O–H groups in total. The van der Waals surface area contributed by atoms with Gasteiger partial charge in [-0.2, -0.15) is 0 Å². The molecule has 1 aromatic carbocycles. The first-order valence-corrected chi connectivity index (χ1v) is 7.06. The maximum Gasteiger partial charge on any atom is 0.0652 e. The molecule has 0 radical (unpaired) electrons. The average Bonchev–Trinajstić information content (AvgIpc) is 2.93. The Labute approximate surface area is 112 Å². The van der Waals surface area contributed by atoms with Crippen LogP contribution < -0.4 is 5.32 Å². The molecule has 0 amide bonds. The quantitative estimate of drug-likeness (QED) is 0.838. The molecule has 0 aliphatic rings. The second kappa shape index (κ2) is 6.14. The van der Waals surface area contributed by atoms with Crippen LogP contribution in [0.5, 0.6) is 0 Å². The van der Waals surface area contributed by atoms with Gasteiger partial charge >= 0.3 is 0 Å². The highest BCUT2D eigenvalue weighted by Crippen LogP contribution is 2.20. The number of aliphatic hydroxyl groups is 1. The lowest BCUT2D eigenvalue weighted by Gasteiger charge is -2.29. The molecule has 2 aromatic rings. The summed E-state index contributed by atoms with van der Waals surface area (Å²) in [6, 6.07) is 14.3. The largest absolute Gasteiger partial charge is 0.394 e. The number of hydrogen-bond donors (Lipinski definition) is 2. The van der Waals surface area contributed by atoms with Gasteiger partial charge in [0.15, 0.2) is 0 Å². The monoisotopic (exact) mass is 261 g/mol. The van der Waals surface area contributed by atoms with Crippen molar-refractivity contribution in [1.29, 1.82) is 0 Å². The van der Waals surface area contributed by atoms with Crippen molar-refractivity contribution in [3.63, 3.8) is 0 Å². The lowest BCUT2D eigenvalue weighted by molar-refractivity contribution is 0.176. The molecule has 1 heterocycles. The minimum absolute atomic E-state index is 0.0987. The van der Waals surface area contributed by atoms with E-state index in [1.807, 2.05) is 37.3 Å². The second-order valence-electron chi connectivity index (χ2n) is 4.61. The van der Waals surface area contributed by atoms with E-state index < -0.39 is 0 Å². The van der Waals surface area contributed by atoms with Crippen LogP contribution in [0.25, 0.3) is 0 Å². The predicted molar refractivity (Wildman–Crippen MR) is 76.9 cm³/mol. The lowest BCUT2D eigenvalue weighted by Crippen LogP contribution is -2.43. The lowest BCUT2D eigenvalue weighted by atomic mass is 9.93. The topological polar surface area (TPSA) is 32.3 Å². The van der Waals surface area contributed by atoms with Crippen molar-refractivity contribution in [2.45, 2.75) is 18.9 Å². The van der Waals surface area contributed by atoms with Gasteiger partial charge in [-0.05, 0) is 30.4 Å². The van der Waals surface area contributed by atoms with Crippen molar-refractivity contribution in [3.8, 4) is 0 Å². The van der Waals surface area contributed by atoms with Crippen molar-refractivity contribution >= 4 is 11.3 Å². The van der Waals surface area contributed by atoms with E-state index in [9.17, 15) is 5.11 Å². The van der Waals surface area contributed by atoms with Crippen LogP contribution in [0.1, 0.15) is 17.4 Å². The zero-order valence-corrected chi connectivity index (χ0v) is 11.4. The first-order valence-electron chi connectivity index (χ1n) is 6.18. The molecule has 18 heavy (non-hydrogen) atoms. The third-order valence-corrected chi connectivity index (χ3v) is 4.13. The molecule has 96 valence electrons.